The molecule has 0 aromatic rings. The van der Waals surface area contributed by atoms with Gasteiger partial charge in [0.2, 0.25) is 0 Å². The van der Waals surface area contributed by atoms with Crippen LogP contribution in [0.5, 0.6) is 0 Å². The molecule has 1 fully saturated rings. The van der Waals surface area contributed by atoms with Crippen molar-refractivity contribution >= 4 is 9.90 Å². The molecule has 1 aliphatic rings. The van der Waals surface area contributed by atoms with Gasteiger partial charge < -0.3 is 0 Å². The molecule has 0 aliphatic heterocycles. The van der Waals surface area contributed by atoms with E-state index in [4.69, 9.17) is 0 Å². The van der Waals surface area contributed by atoms with Gasteiger partial charge in [-0.2, -0.15) is 9.90 Å². The predicted molar refractivity (Wildman–Crippen MR) is 61.9 cm³/mol. The molecule has 1 rings (SSSR count). The third-order valence-electron chi connectivity index (χ3n) is 2.75. The fourth-order valence-electron chi connectivity index (χ4n) is 1.94. The van der Waals surface area contributed by atoms with E-state index in [-0.39, 0.29) is 9.90 Å². The minimum Gasteiger partial charge on any atom is -0.153 e. The fraction of sp³-hybridized carbons (Fsp3) is 1.00. The van der Waals surface area contributed by atoms with Crippen LogP contribution in [0, 0.1) is 0 Å². The highest BCUT2D eigenvalue weighted by atomic mass is 31.0. The van der Waals surface area contributed by atoms with Crippen molar-refractivity contribution in [1.29, 1.82) is 0 Å². The minimum atomic E-state index is 0. The lowest BCUT2D eigenvalue weighted by Gasteiger charge is -1.97. The standard InChI is InChI=1S/C11H22.H3P/c1-2-4-6-8-10-11-9-7-5-3-1;/h1-11H2;1H3. The third-order valence-corrected chi connectivity index (χ3v) is 2.75. The van der Waals surface area contributed by atoms with Gasteiger partial charge in [-0.25, -0.2) is 0 Å². The van der Waals surface area contributed by atoms with Crippen LogP contribution >= 0.6 is 9.90 Å². The first-order chi connectivity index (χ1) is 5.50. The van der Waals surface area contributed by atoms with Crippen LogP contribution in [0.25, 0.3) is 0 Å². The summed E-state index contributed by atoms with van der Waals surface area (Å²) in [6.45, 7) is 0. The van der Waals surface area contributed by atoms with Crippen molar-refractivity contribution in [3.63, 3.8) is 0 Å². The number of hydrogen-bond donors (Lipinski definition) is 0. The lowest BCUT2D eigenvalue weighted by Crippen LogP contribution is -1.77. The average Bonchev–Trinajstić information content (AvgIpc) is 2.08. The molecule has 1 aliphatic carbocycles. The van der Waals surface area contributed by atoms with E-state index in [2.05, 4.69) is 0 Å². The average molecular weight is 188 g/mol. The molecule has 12 heavy (non-hydrogen) atoms. The highest BCUT2D eigenvalue weighted by Gasteiger charge is 1.95. The van der Waals surface area contributed by atoms with E-state index in [1.807, 2.05) is 0 Å². The Labute approximate surface area is 81.1 Å². The van der Waals surface area contributed by atoms with Crippen molar-refractivity contribution in [2.45, 2.75) is 70.6 Å². The molecular weight excluding hydrogens is 163 g/mol. The summed E-state index contributed by atoms with van der Waals surface area (Å²) in [6, 6.07) is 0. The lowest BCUT2D eigenvalue weighted by molar-refractivity contribution is 0.585. The van der Waals surface area contributed by atoms with E-state index in [1.54, 1.807) is 0 Å². The molecule has 0 aromatic carbocycles. The Hall–Kier alpha value is 0.430. The maximum Gasteiger partial charge on any atom is -0.0533 e. The van der Waals surface area contributed by atoms with Gasteiger partial charge in [0.25, 0.3) is 0 Å². The molecule has 0 N–H and O–H groups in total. The molecule has 0 radical (unpaired) electrons. The summed E-state index contributed by atoms with van der Waals surface area (Å²) in [5.74, 6) is 0. The smallest absolute Gasteiger partial charge is 0.0533 e. The van der Waals surface area contributed by atoms with Gasteiger partial charge in [-0.15, -0.1) is 0 Å². The van der Waals surface area contributed by atoms with E-state index < -0.39 is 0 Å². The van der Waals surface area contributed by atoms with E-state index >= 15 is 0 Å². The lowest BCUT2D eigenvalue weighted by atomic mass is 10.1. The second kappa shape index (κ2) is 9.52. The third kappa shape index (κ3) is 7.10. The van der Waals surface area contributed by atoms with E-state index in [1.165, 1.54) is 70.6 Å². The van der Waals surface area contributed by atoms with E-state index in [0.717, 1.165) is 0 Å². The Morgan fingerprint density at radius 3 is 0.417 bits per heavy atom. The zero-order valence-corrected chi connectivity index (χ0v) is 9.90. The Balaban J connectivity index is 0.00000121. The maximum atomic E-state index is 1.50. The molecule has 0 aromatic heterocycles. The first-order valence-electron chi connectivity index (χ1n) is 5.50. The SMILES string of the molecule is C1CCCCCCCCCC1.P. The summed E-state index contributed by atoms with van der Waals surface area (Å²) in [4.78, 5) is 0. The van der Waals surface area contributed by atoms with Crippen molar-refractivity contribution in [3.05, 3.63) is 0 Å². The van der Waals surface area contributed by atoms with Crippen molar-refractivity contribution < 1.29 is 0 Å². The van der Waals surface area contributed by atoms with Crippen LogP contribution in [0.3, 0.4) is 0 Å². The van der Waals surface area contributed by atoms with Crippen LogP contribution in [0.1, 0.15) is 70.6 Å². The molecule has 0 saturated heterocycles. The second-order valence-corrected chi connectivity index (χ2v) is 3.89. The molecule has 0 heterocycles. The summed E-state index contributed by atoms with van der Waals surface area (Å²) in [7, 11) is 0. The quantitative estimate of drug-likeness (QED) is 0.496. The van der Waals surface area contributed by atoms with Crippen molar-refractivity contribution in [1.82, 2.24) is 0 Å². The summed E-state index contributed by atoms with van der Waals surface area (Å²) in [5.41, 5.74) is 0. The van der Waals surface area contributed by atoms with Crippen molar-refractivity contribution in [2.75, 3.05) is 0 Å². The minimum absolute atomic E-state index is 0. The van der Waals surface area contributed by atoms with E-state index in [9.17, 15) is 0 Å². The molecule has 0 spiro atoms. The molecule has 0 amide bonds. The largest absolute Gasteiger partial charge is 0.153 e. The normalized spacial score (nSPS) is 22.0. The number of rotatable bonds is 0. The van der Waals surface area contributed by atoms with Crippen LogP contribution in [0.4, 0.5) is 0 Å². The van der Waals surface area contributed by atoms with Gasteiger partial charge in [0.1, 0.15) is 0 Å². The molecule has 1 saturated carbocycles. The summed E-state index contributed by atoms with van der Waals surface area (Å²) < 4.78 is 0. The van der Waals surface area contributed by atoms with Gasteiger partial charge in [-0.05, 0) is 0 Å². The van der Waals surface area contributed by atoms with Crippen LogP contribution in [0.15, 0.2) is 0 Å². The van der Waals surface area contributed by atoms with Gasteiger partial charge in [0, 0.05) is 0 Å². The first-order valence-corrected chi connectivity index (χ1v) is 5.50. The first kappa shape index (κ1) is 12.4. The Morgan fingerprint density at radius 1 is 0.250 bits per heavy atom. The summed E-state index contributed by atoms with van der Waals surface area (Å²) in [6.07, 6.45) is 16.5. The fourth-order valence-corrected chi connectivity index (χ4v) is 1.94. The van der Waals surface area contributed by atoms with Gasteiger partial charge in [0.15, 0.2) is 0 Å². The van der Waals surface area contributed by atoms with Crippen LogP contribution in [-0.4, -0.2) is 0 Å². The highest BCUT2D eigenvalue weighted by molar-refractivity contribution is 6.92. The highest BCUT2D eigenvalue weighted by Crippen LogP contribution is 2.15. The van der Waals surface area contributed by atoms with Gasteiger partial charge >= 0.3 is 0 Å². The molecule has 0 bridgehead atoms. The zero-order valence-electron chi connectivity index (χ0n) is 8.49. The monoisotopic (exact) mass is 188 g/mol. The number of hydrogen-bond acceptors (Lipinski definition) is 0. The van der Waals surface area contributed by atoms with Crippen molar-refractivity contribution in [3.8, 4) is 0 Å². The molecule has 0 nitrogen and oxygen atoms in total. The molecule has 74 valence electrons. The van der Waals surface area contributed by atoms with E-state index in [0.29, 0.717) is 0 Å². The molecule has 1 heteroatoms. The zero-order chi connectivity index (χ0) is 7.78. The molecular formula is C11H25P. The maximum absolute atomic E-state index is 1.50. The molecule has 1 atom stereocenters. The van der Waals surface area contributed by atoms with Gasteiger partial charge in [0.05, 0.1) is 0 Å². The van der Waals surface area contributed by atoms with Crippen LogP contribution in [-0.2, 0) is 0 Å². The Morgan fingerprint density at radius 2 is 0.333 bits per heavy atom. The summed E-state index contributed by atoms with van der Waals surface area (Å²) >= 11 is 0. The predicted octanol–water partition coefficient (Wildman–Crippen LogP) is 4.35. The Bertz CT molecular complexity index is 43.0. The topological polar surface area (TPSA) is 0 Å². The van der Waals surface area contributed by atoms with Crippen LogP contribution < -0.4 is 0 Å². The summed E-state index contributed by atoms with van der Waals surface area (Å²) in [5, 5.41) is 0. The second-order valence-electron chi connectivity index (χ2n) is 3.89. The van der Waals surface area contributed by atoms with Gasteiger partial charge in [-0.1, -0.05) is 70.6 Å². The van der Waals surface area contributed by atoms with Crippen molar-refractivity contribution in [2.24, 2.45) is 0 Å². The molecule has 1 unspecified atom stereocenters. The van der Waals surface area contributed by atoms with Crippen LogP contribution in [0.2, 0.25) is 0 Å². The van der Waals surface area contributed by atoms with Gasteiger partial charge in [-0.3, -0.25) is 0 Å². The Kier molecular flexibility index (Phi) is 9.86.